The molecule has 2 aromatic carbocycles. The van der Waals surface area contributed by atoms with Gasteiger partial charge in [0.2, 0.25) is 10.0 Å². The Morgan fingerprint density at radius 2 is 1.69 bits per heavy atom. The van der Waals surface area contributed by atoms with E-state index in [1.165, 1.54) is 12.1 Å². The zero-order valence-corrected chi connectivity index (χ0v) is 19.3. The minimum Gasteiger partial charge on any atom is -0.490 e. The van der Waals surface area contributed by atoms with Gasteiger partial charge in [0.1, 0.15) is 11.8 Å². The molecule has 0 fully saturated rings. The summed E-state index contributed by atoms with van der Waals surface area (Å²) in [6.45, 7) is 4.23. The second-order valence-electron chi connectivity index (χ2n) is 7.11. The first-order valence-corrected chi connectivity index (χ1v) is 12.1. The van der Waals surface area contributed by atoms with Crippen molar-refractivity contribution in [2.45, 2.75) is 31.4 Å². The highest BCUT2D eigenvalue weighted by Crippen LogP contribution is 2.29. The fraction of sp³-hybridized carbons (Fsp3) is 0.261. The summed E-state index contributed by atoms with van der Waals surface area (Å²) in [6.07, 6.45) is 2.45. The van der Waals surface area contributed by atoms with E-state index in [9.17, 15) is 8.42 Å². The first-order valence-electron chi connectivity index (χ1n) is 10.2. The minimum atomic E-state index is -3.66. The Bertz CT molecular complexity index is 1120. The molecular formula is C23H26ClN3O4S. The molecule has 1 aromatic heterocycles. The van der Waals surface area contributed by atoms with Gasteiger partial charge in [-0.15, -0.1) is 0 Å². The van der Waals surface area contributed by atoms with Crippen molar-refractivity contribution in [1.82, 2.24) is 10.3 Å². The third-order valence-electron chi connectivity index (χ3n) is 4.66. The normalized spacial score (nSPS) is 11.3. The fourth-order valence-corrected chi connectivity index (χ4v) is 3.64. The average Bonchev–Trinajstić information content (AvgIpc) is 2.77. The summed E-state index contributed by atoms with van der Waals surface area (Å²) in [7, 11) is -3.66. The molecule has 32 heavy (non-hydrogen) atoms. The number of nitrogens with two attached hydrogens (primary N) is 1. The monoisotopic (exact) mass is 475 g/mol. The molecule has 9 heteroatoms. The Morgan fingerprint density at radius 3 is 2.34 bits per heavy atom. The first-order chi connectivity index (χ1) is 15.3. The van der Waals surface area contributed by atoms with Crippen LogP contribution in [0.3, 0.4) is 0 Å². The van der Waals surface area contributed by atoms with Crippen molar-refractivity contribution in [3.8, 4) is 11.5 Å². The van der Waals surface area contributed by atoms with Gasteiger partial charge in [-0.3, -0.25) is 0 Å². The Kier molecular flexibility index (Phi) is 8.46. The van der Waals surface area contributed by atoms with E-state index < -0.39 is 10.0 Å². The lowest BCUT2D eigenvalue weighted by molar-refractivity contribution is 0.269. The van der Waals surface area contributed by atoms with Crippen LogP contribution in [0.4, 0.5) is 0 Å². The lowest BCUT2D eigenvalue weighted by Crippen LogP contribution is -2.17. The molecule has 0 aliphatic rings. The van der Waals surface area contributed by atoms with E-state index in [0.717, 1.165) is 29.7 Å². The molecule has 3 rings (SSSR count). The van der Waals surface area contributed by atoms with Crippen molar-refractivity contribution in [3.63, 3.8) is 0 Å². The molecule has 7 nitrogen and oxygen atoms in total. The van der Waals surface area contributed by atoms with E-state index >= 15 is 0 Å². The molecule has 3 aromatic rings. The van der Waals surface area contributed by atoms with Crippen LogP contribution in [0.15, 0.2) is 65.7 Å². The molecule has 0 aliphatic carbocycles. The van der Waals surface area contributed by atoms with Crippen molar-refractivity contribution in [3.05, 3.63) is 82.6 Å². The molecule has 170 valence electrons. The van der Waals surface area contributed by atoms with Gasteiger partial charge in [-0.1, -0.05) is 35.9 Å². The molecule has 0 bridgehead atoms. The molecule has 0 saturated carbocycles. The van der Waals surface area contributed by atoms with Crippen molar-refractivity contribution in [2.75, 3.05) is 13.2 Å². The van der Waals surface area contributed by atoms with Gasteiger partial charge in [0.15, 0.2) is 11.5 Å². The highest BCUT2D eigenvalue weighted by atomic mass is 35.5. The number of pyridine rings is 1. The third kappa shape index (κ3) is 7.20. The number of halogens is 1. The maximum atomic E-state index is 11.3. The van der Waals surface area contributed by atoms with Gasteiger partial charge in [0.05, 0.1) is 11.5 Å². The number of nitrogens with one attached hydrogen (secondary N) is 1. The Balaban J connectivity index is 1.52. The van der Waals surface area contributed by atoms with Crippen LogP contribution in [0.2, 0.25) is 5.15 Å². The van der Waals surface area contributed by atoms with Gasteiger partial charge in [-0.05, 0) is 61.3 Å². The molecule has 3 N–H and O–H groups in total. The van der Waals surface area contributed by atoms with Crippen LogP contribution >= 0.6 is 11.6 Å². The van der Waals surface area contributed by atoms with Crippen molar-refractivity contribution >= 4 is 21.6 Å². The molecule has 0 saturated heterocycles. The zero-order valence-electron chi connectivity index (χ0n) is 17.8. The predicted molar refractivity (Wildman–Crippen MR) is 124 cm³/mol. The van der Waals surface area contributed by atoms with Crippen LogP contribution in [-0.2, 0) is 29.6 Å². The van der Waals surface area contributed by atoms with Gasteiger partial charge in [0.25, 0.3) is 0 Å². The lowest BCUT2D eigenvalue weighted by atomic mass is 10.1. The second-order valence-corrected chi connectivity index (χ2v) is 9.06. The fourth-order valence-electron chi connectivity index (χ4n) is 3.01. The van der Waals surface area contributed by atoms with Crippen LogP contribution in [0.5, 0.6) is 11.5 Å². The number of sulfonamides is 1. The van der Waals surface area contributed by atoms with Crippen LogP contribution in [0.1, 0.15) is 23.6 Å². The van der Waals surface area contributed by atoms with E-state index in [0.29, 0.717) is 36.4 Å². The second kappa shape index (κ2) is 11.3. The number of benzene rings is 2. The molecule has 0 spiro atoms. The highest BCUT2D eigenvalue weighted by molar-refractivity contribution is 7.89. The molecule has 1 heterocycles. The van der Waals surface area contributed by atoms with Gasteiger partial charge < -0.3 is 14.8 Å². The number of primary sulfonamides is 1. The van der Waals surface area contributed by atoms with Crippen molar-refractivity contribution in [2.24, 2.45) is 5.14 Å². The van der Waals surface area contributed by atoms with Gasteiger partial charge >= 0.3 is 0 Å². The van der Waals surface area contributed by atoms with E-state index in [1.807, 2.05) is 31.2 Å². The van der Waals surface area contributed by atoms with Crippen molar-refractivity contribution < 1.29 is 17.9 Å². The molecule has 0 amide bonds. The summed E-state index contributed by atoms with van der Waals surface area (Å²) >= 11 is 5.82. The van der Waals surface area contributed by atoms with E-state index in [1.54, 1.807) is 24.4 Å². The number of aromatic nitrogens is 1. The predicted octanol–water partition coefficient (Wildman–Crippen LogP) is 3.69. The summed E-state index contributed by atoms with van der Waals surface area (Å²) in [5.41, 5.74) is 3.01. The van der Waals surface area contributed by atoms with Gasteiger partial charge in [-0.2, -0.15) is 0 Å². The largest absolute Gasteiger partial charge is 0.490 e. The van der Waals surface area contributed by atoms with Crippen LogP contribution in [0.25, 0.3) is 0 Å². The Labute approximate surface area is 193 Å². The zero-order chi connectivity index (χ0) is 23.0. The maximum Gasteiger partial charge on any atom is 0.238 e. The average molecular weight is 476 g/mol. The standard InChI is InChI=1S/C23H26ClN3O4S/c1-2-30-22-13-18(5-9-21(22)31-16-19-6-10-23(24)27-15-19)14-26-12-11-17-3-7-20(8-4-17)32(25,28)29/h3-10,13,15,26H,2,11-12,14,16H2,1H3,(H2,25,28,29). The number of hydrogen-bond donors (Lipinski definition) is 2. The summed E-state index contributed by atoms with van der Waals surface area (Å²) in [4.78, 5) is 4.17. The number of ether oxygens (including phenoxy) is 2. The highest BCUT2D eigenvalue weighted by Gasteiger charge is 2.09. The van der Waals surface area contributed by atoms with E-state index in [2.05, 4.69) is 10.3 Å². The van der Waals surface area contributed by atoms with Gasteiger partial charge in [0, 0.05) is 18.3 Å². The molecule has 0 aliphatic heterocycles. The summed E-state index contributed by atoms with van der Waals surface area (Å²) in [5.74, 6) is 1.35. The smallest absolute Gasteiger partial charge is 0.238 e. The number of nitrogens with zero attached hydrogens (tertiary/aromatic N) is 1. The van der Waals surface area contributed by atoms with Crippen molar-refractivity contribution in [1.29, 1.82) is 0 Å². The molecule has 0 unspecified atom stereocenters. The van der Waals surface area contributed by atoms with Gasteiger partial charge in [-0.25, -0.2) is 18.5 Å². The third-order valence-corrected chi connectivity index (χ3v) is 5.82. The summed E-state index contributed by atoms with van der Waals surface area (Å²) in [5, 5.41) is 8.96. The Morgan fingerprint density at radius 1 is 0.969 bits per heavy atom. The molecule has 0 radical (unpaired) electrons. The number of hydrogen-bond acceptors (Lipinski definition) is 6. The SMILES string of the molecule is CCOc1cc(CNCCc2ccc(S(N)(=O)=O)cc2)ccc1OCc1ccc(Cl)nc1. The summed E-state index contributed by atoms with van der Waals surface area (Å²) in [6, 6.07) is 16.1. The Hall–Kier alpha value is -2.65. The first kappa shape index (κ1) is 24.0. The maximum absolute atomic E-state index is 11.3. The number of rotatable bonds is 11. The van der Waals surface area contributed by atoms with E-state index in [4.69, 9.17) is 26.2 Å². The lowest BCUT2D eigenvalue weighted by Gasteiger charge is -2.14. The quantitative estimate of drug-likeness (QED) is 0.324. The molecule has 0 atom stereocenters. The van der Waals surface area contributed by atoms with Crippen LogP contribution in [0, 0.1) is 0 Å². The topological polar surface area (TPSA) is 104 Å². The summed E-state index contributed by atoms with van der Waals surface area (Å²) < 4.78 is 34.3. The van der Waals surface area contributed by atoms with E-state index in [-0.39, 0.29) is 4.90 Å². The molecular weight excluding hydrogens is 450 g/mol. The minimum absolute atomic E-state index is 0.118. The van der Waals surface area contributed by atoms with Crippen LogP contribution in [-0.4, -0.2) is 26.6 Å². The van der Waals surface area contributed by atoms with Crippen LogP contribution < -0.4 is 19.9 Å².